The highest BCUT2D eigenvalue weighted by Gasteiger charge is 2.39. The van der Waals surface area contributed by atoms with Crippen molar-refractivity contribution in [2.24, 2.45) is 5.41 Å². The molecule has 0 bridgehead atoms. The molecule has 0 radical (unpaired) electrons. The van der Waals surface area contributed by atoms with Crippen LogP contribution in [-0.2, 0) is 9.47 Å². The molecule has 1 aliphatic heterocycles. The summed E-state index contributed by atoms with van der Waals surface area (Å²) >= 11 is 0. The molecule has 0 aromatic carbocycles. The molecule has 1 saturated heterocycles. The first-order chi connectivity index (χ1) is 5.47. The van der Waals surface area contributed by atoms with Crippen molar-refractivity contribution in [3.05, 3.63) is 0 Å². The van der Waals surface area contributed by atoms with Gasteiger partial charge in [0.15, 0.2) is 6.29 Å². The molecule has 1 aliphatic rings. The first kappa shape index (κ1) is 9.96. The van der Waals surface area contributed by atoms with E-state index >= 15 is 0 Å². The third-order valence-electron chi connectivity index (χ3n) is 2.38. The highest BCUT2D eigenvalue weighted by Crippen LogP contribution is 2.31. The minimum Gasteiger partial charge on any atom is -0.396 e. The van der Waals surface area contributed by atoms with E-state index in [2.05, 4.69) is 0 Å². The summed E-state index contributed by atoms with van der Waals surface area (Å²) in [6, 6.07) is 0. The molecular formula is C9H18O3. The highest BCUT2D eigenvalue weighted by atomic mass is 16.7. The lowest BCUT2D eigenvalue weighted by Gasteiger charge is -2.27. The van der Waals surface area contributed by atoms with E-state index in [0.717, 1.165) is 0 Å². The van der Waals surface area contributed by atoms with E-state index in [1.165, 1.54) is 0 Å². The molecule has 1 fully saturated rings. The first-order valence-corrected chi connectivity index (χ1v) is 4.39. The van der Waals surface area contributed by atoms with E-state index in [9.17, 15) is 0 Å². The van der Waals surface area contributed by atoms with Crippen LogP contribution in [0.4, 0.5) is 0 Å². The lowest BCUT2D eigenvalue weighted by atomic mass is 9.94. The SMILES string of the molecule is C[C@H]1OC(C(C)(C)CO)O[C@@H]1C. The topological polar surface area (TPSA) is 38.7 Å². The summed E-state index contributed by atoms with van der Waals surface area (Å²) in [6.07, 6.45) is -0.0193. The van der Waals surface area contributed by atoms with Gasteiger partial charge in [0.05, 0.1) is 18.8 Å². The molecule has 0 saturated carbocycles. The summed E-state index contributed by atoms with van der Waals surface area (Å²) < 4.78 is 11.1. The third-order valence-corrected chi connectivity index (χ3v) is 2.38. The van der Waals surface area contributed by atoms with Crippen LogP contribution in [0.5, 0.6) is 0 Å². The van der Waals surface area contributed by atoms with E-state index in [-0.39, 0.29) is 30.5 Å². The van der Waals surface area contributed by atoms with Crippen molar-refractivity contribution >= 4 is 0 Å². The standard InChI is InChI=1S/C9H18O3/c1-6-7(2)12-8(11-6)9(3,4)5-10/h6-8,10H,5H2,1-4H3/t6-,7-/m1/s1. The van der Waals surface area contributed by atoms with E-state index in [1.807, 2.05) is 27.7 Å². The average Bonchev–Trinajstić information content (AvgIpc) is 2.33. The number of hydrogen-bond donors (Lipinski definition) is 1. The van der Waals surface area contributed by atoms with Crippen molar-refractivity contribution in [1.29, 1.82) is 0 Å². The summed E-state index contributed by atoms with van der Waals surface area (Å²) in [7, 11) is 0. The molecule has 2 atom stereocenters. The summed E-state index contributed by atoms with van der Waals surface area (Å²) in [5.74, 6) is 0. The van der Waals surface area contributed by atoms with Crippen molar-refractivity contribution in [2.75, 3.05) is 6.61 Å². The number of rotatable bonds is 2. The molecule has 0 aromatic rings. The highest BCUT2D eigenvalue weighted by molar-refractivity contribution is 4.79. The van der Waals surface area contributed by atoms with Crippen LogP contribution in [0, 0.1) is 5.41 Å². The lowest BCUT2D eigenvalue weighted by Crippen LogP contribution is -2.34. The Morgan fingerprint density at radius 1 is 1.17 bits per heavy atom. The normalized spacial score (nSPS) is 32.8. The molecule has 0 spiro atoms. The van der Waals surface area contributed by atoms with E-state index < -0.39 is 0 Å². The molecule has 0 aliphatic carbocycles. The Morgan fingerprint density at radius 2 is 1.58 bits per heavy atom. The second kappa shape index (κ2) is 3.32. The Balaban J connectivity index is 2.56. The maximum Gasteiger partial charge on any atom is 0.165 e. The predicted molar refractivity (Wildman–Crippen MR) is 45.7 cm³/mol. The largest absolute Gasteiger partial charge is 0.396 e. The molecule has 72 valence electrons. The van der Waals surface area contributed by atoms with Crippen molar-refractivity contribution in [1.82, 2.24) is 0 Å². The quantitative estimate of drug-likeness (QED) is 0.682. The van der Waals surface area contributed by atoms with Crippen LogP contribution in [0.3, 0.4) is 0 Å². The van der Waals surface area contributed by atoms with Crippen LogP contribution < -0.4 is 0 Å². The van der Waals surface area contributed by atoms with Gasteiger partial charge in [-0.05, 0) is 13.8 Å². The van der Waals surface area contributed by atoms with Crippen molar-refractivity contribution < 1.29 is 14.6 Å². The summed E-state index contributed by atoms with van der Waals surface area (Å²) in [5, 5.41) is 9.07. The van der Waals surface area contributed by atoms with Gasteiger partial charge in [-0.2, -0.15) is 0 Å². The molecule has 0 unspecified atom stereocenters. The zero-order valence-electron chi connectivity index (χ0n) is 8.20. The number of hydrogen-bond acceptors (Lipinski definition) is 3. The maximum absolute atomic E-state index is 9.07. The second-order valence-electron chi connectivity index (χ2n) is 4.16. The van der Waals surface area contributed by atoms with E-state index in [4.69, 9.17) is 14.6 Å². The van der Waals surface area contributed by atoms with Gasteiger partial charge in [0.2, 0.25) is 0 Å². The van der Waals surface area contributed by atoms with Gasteiger partial charge in [0, 0.05) is 5.41 Å². The molecule has 1 N–H and O–H groups in total. The Kier molecular flexibility index (Phi) is 2.76. The number of aliphatic hydroxyl groups is 1. The monoisotopic (exact) mass is 174 g/mol. The Morgan fingerprint density at radius 3 is 1.92 bits per heavy atom. The number of aliphatic hydroxyl groups excluding tert-OH is 1. The van der Waals surface area contributed by atoms with Gasteiger partial charge in [-0.3, -0.25) is 0 Å². The van der Waals surface area contributed by atoms with E-state index in [0.29, 0.717) is 0 Å². The minimum absolute atomic E-state index is 0.0805. The fraction of sp³-hybridized carbons (Fsp3) is 1.00. The van der Waals surface area contributed by atoms with Gasteiger partial charge in [-0.15, -0.1) is 0 Å². The lowest BCUT2D eigenvalue weighted by molar-refractivity contribution is -0.148. The Bertz CT molecular complexity index is 146. The van der Waals surface area contributed by atoms with Crippen LogP contribution in [0.1, 0.15) is 27.7 Å². The fourth-order valence-corrected chi connectivity index (χ4v) is 1.09. The smallest absolute Gasteiger partial charge is 0.165 e. The maximum atomic E-state index is 9.07. The molecule has 1 heterocycles. The average molecular weight is 174 g/mol. The molecule has 3 nitrogen and oxygen atoms in total. The van der Waals surface area contributed by atoms with Crippen molar-refractivity contribution in [2.45, 2.75) is 46.2 Å². The van der Waals surface area contributed by atoms with Crippen LogP contribution >= 0.6 is 0 Å². The number of ether oxygens (including phenoxy) is 2. The molecule has 1 rings (SSSR count). The van der Waals surface area contributed by atoms with Gasteiger partial charge < -0.3 is 14.6 Å². The molecular weight excluding hydrogens is 156 g/mol. The second-order valence-corrected chi connectivity index (χ2v) is 4.16. The Hall–Kier alpha value is -0.120. The van der Waals surface area contributed by atoms with Crippen LogP contribution in [-0.4, -0.2) is 30.2 Å². The molecule has 0 aromatic heterocycles. The van der Waals surface area contributed by atoms with Gasteiger partial charge in [-0.1, -0.05) is 13.8 Å². The van der Waals surface area contributed by atoms with Gasteiger partial charge in [0.25, 0.3) is 0 Å². The first-order valence-electron chi connectivity index (χ1n) is 4.39. The zero-order valence-corrected chi connectivity index (χ0v) is 8.20. The van der Waals surface area contributed by atoms with Crippen LogP contribution in [0.2, 0.25) is 0 Å². The van der Waals surface area contributed by atoms with Gasteiger partial charge >= 0.3 is 0 Å². The fourth-order valence-electron chi connectivity index (χ4n) is 1.09. The van der Waals surface area contributed by atoms with Crippen LogP contribution in [0.15, 0.2) is 0 Å². The zero-order chi connectivity index (χ0) is 9.35. The molecule has 12 heavy (non-hydrogen) atoms. The molecule has 0 amide bonds. The van der Waals surface area contributed by atoms with E-state index in [1.54, 1.807) is 0 Å². The minimum atomic E-state index is -0.307. The third kappa shape index (κ3) is 1.79. The van der Waals surface area contributed by atoms with Crippen molar-refractivity contribution in [3.63, 3.8) is 0 Å². The molecule has 3 heteroatoms. The van der Waals surface area contributed by atoms with Gasteiger partial charge in [0.1, 0.15) is 0 Å². The summed E-state index contributed by atoms with van der Waals surface area (Å²) in [6.45, 7) is 7.91. The summed E-state index contributed by atoms with van der Waals surface area (Å²) in [5.41, 5.74) is -0.307. The van der Waals surface area contributed by atoms with Crippen LogP contribution in [0.25, 0.3) is 0 Å². The Labute approximate surface area is 73.7 Å². The van der Waals surface area contributed by atoms with Crippen molar-refractivity contribution in [3.8, 4) is 0 Å². The summed E-state index contributed by atoms with van der Waals surface area (Å²) in [4.78, 5) is 0. The predicted octanol–water partition coefficient (Wildman–Crippen LogP) is 1.15. The van der Waals surface area contributed by atoms with Gasteiger partial charge in [-0.25, -0.2) is 0 Å².